The molecule has 2 amide bonds. The minimum atomic E-state index is -0.977. The number of benzene rings is 1. The van der Waals surface area contributed by atoms with E-state index in [2.05, 4.69) is 41.8 Å². The number of ether oxygens (including phenoxy) is 1. The second-order valence-electron chi connectivity index (χ2n) is 10.8. The molecule has 8 heteroatoms. The van der Waals surface area contributed by atoms with Crippen LogP contribution in [0.15, 0.2) is 35.9 Å². The second-order valence-corrected chi connectivity index (χ2v) is 12.0. The predicted molar refractivity (Wildman–Crippen MR) is 142 cm³/mol. The Bertz CT molecular complexity index is 978. The lowest BCUT2D eigenvalue weighted by Crippen LogP contribution is -2.59. The molecule has 0 saturated heterocycles. The predicted octanol–water partition coefficient (Wildman–Crippen LogP) is 3.13. The molecule has 2 bridgehead atoms. The van der Waals surface area contributed by atoms with Crippen LogP contribution in [-0.4, -0.2) is 64.9 Å². The van der Waals surface area contributed by atoms with E-state index >= 15 is 0 Å². The van der Waals surface area contributed by atoms with Crippen LogP contribution in [0.3, 0.4) is 0 Å². The highest BCUT2D eigenvalue weighted by atomic mass is 127. The summed E-state index contributed by atoms with van der Waals surface area (Å²) in [7, 11) is 0. The number of aliphatic hydroxyl groups excluding tert-OH is 2. The van der Waals surface area contributed by atoms with E-state index in [-0.39, 0.29) is 31.4 Å². The average molecular weight is 597 g/mol. The largest absolute Gasteiger partial charge is 0.482 e. The highest BCUT2D eigenvalue weighted by Gasteiger charge is 2.55. The quantitative estimate of drug-likeness (QED) is 0.401. The third kappa shape index (κ3) is 5.39. The summed E-state index contributed by atoms with van der Waals surface area (Å²) in [5, 5.41) is 23.3. The van der Waals surface area contributed by atoms with E-state index in [9.17, 15) is 14.7 Å². The maximum Gasteiger partial charge on any atom is 0.247 e. The van der Waals surface area contributed by atoms with Gasteiger partial charge in [0, 0.05) is 32.0 Å². The molecular weight excluding hydrogens is 559 g/mol. The molecule has 192 valence electrons. The van der Waals surface area contributed by atoms with Gasteiger partial charge >= 0.3 is 0 Å². The number of hydrogen-bond acceptors (Lipinski definition) is 5. The van der Waals surface area contributed by atoms with Crippen molar-refractivity contribution in [3.63, 3.8) is 0 Å². The first-order valence-corrected chi connectivity index (χ1v) is 13.7. The third-order valence-corrected chi connectivity index (χ3v) is 9.44. The number of aliphatic hydroxyl groups is 2. The van der Waals surface area contributed by atoms with Crippen LogP contribution in [0.25, 0.3) is 0 Å². The van der Waals surface area contributed by atoms with Crippen molar-refractivity contribution < 1.29 is 24.5 Å². The number of nitrogens with zero attached hydrogens (tertiary/aromatic N) is 1. The van der Waals surface area contributed by atoms with Gasteiger partial charge in [0.05, 0.1) is 16.2 Å². The summed E-state index contributed by atoms with van der Waals surface area (Å²) >= 11 is 2.18. The van der Waals surface area contributed by atoms with Crippen LogP contribution in [0.2, 0.25) is 0 Å². The van der Waals surface area contributed by atoms with E-state index < -0.39 is 18.2 Å². The molecule has 0 heterocycles. The Morgan fingerprint density at radius 1 is 1.26 bits per heavy atom. The van der Waals surface area contributed by atoms with Crippen molar-refractivity contribution in [3.05, 3.63) is 39.5 Å². The highest BCUT2D eigenvalue weighted by molar-refractivity contribution is 14.1. The molecule has 5 rings (SSSR count). The standard InChI is InChI=1S/C27H37IN2O5/c1-16(32)30(15-17-8-9-19-14-20(17)27(19,2)3)22-12-18(26(34)29-10-11-31)13-24(25(22)33)35-23-7-5-4-6-21(23)28/h4-7,13,17,19-20,22,24-25,31,33H,8-12,14-15H2,1-3H3,(H,29,34). The fourth-order valence-corrected chi connectivity index (χ4v) is 6.91. The molecule has 3 fully saturated rings. The molecule has 1 aromatic rings. The van der Waals surface area contributed by atoms with Gasteiger partial charge in [0.2, 0.25) is 11.8 Å². The fourth-order valence-electron chi connectivity index (χ4n) is 6.40. The van der Waals surface area contributed by atoms with Gasteiger partial charge in [-0.25, -0.2) is 0 Å². The van der Waals surface area contributed by atoms with Crippen molar-refractivity contribution >= 4 is 34.4 Å². The van der Waals surface area contributed by atoms with Gasteiger partial charge in [-0.1, -0.05) is 26.0 Å². The van der Waals surface area contributed by atoms with Crippen LogP contribution in [0.5, 0.6) is 5.75 Å². The van der Waals surface area contributed by atoms with Gasteiger partial charge in [-0.2, -0.15) is 0 Å². The number of para-hydroxylation sites is 1. The summed E-state index contributed by atoms with van der Waals surface area (Å²) in [4.78, 5) is 27.6. The number of carbonyl (C=O) groups is 2. The van der Waals surface area contributed by atoms with Gasteiger partial charge < -0.3 is 25.2 Å². The number of rotatable bonds is 8. The Hall–Kier alpha value is -1.65. The van der Waals surface area contributed by atoms with E-state index in [1.807, 2.05) is 24.3 Å². The van der Waals surface area contributed by atoms with Crippen LogP contribution in [-0.2, 0) is 9.59 Å². The monoisotopic (exact) mass is 596 g/mol. The smallest absolute Gasteiger partial charge is 0.247 e. The molecule has 6 atom stereocenters. The number of nitrogens with one attached hydrogen (secondary N) is 1. The first-order valence-electron chi connectivity index (χ1n) is 12.6. The molecule has 3 saturated carbocycles. The number of hydrogen-bond donors (Lipinski definition) is 3. The van der Waals surface area contributed by atoms with Crippen molar-refractivity contribution in [1.29, 1.82) is 0 Å². The maximum absolute atomic E-state index is 12.9. The van der Waals surface area contributed by atoms with Crippen LogP contribution in [0.4, 0.5) is 0 Å². The molecule has 7 nitrogen and oxygen atoms in total. The minimum Gasteiger partial charge on any atom is -0.482 e. The zero-order chi connectivity index (χ0) is 25.3. The lowest BCUT2D eigenvalue weighted by molar-refractivity contribution is -0.146. The first-order chi connectivity index (χ1) is 16.6. The summed E-state index contributed by atoms with van der Waals surface area (Å²) < 4.78 is 7.09. The van der Waals surface area contributed by atoms with Crippen LogP contribution in [0, 0.1) is 26.7 Å². The third-order valence-electron chi connectivity index (χ3n) is 8.55. The highest BCUT2D eigenvalue weighted by Crippen LogP contribution is 2.61. The first kappa shape index (κ1) is 26.4. The van der Waals surface area contributed by atoms with Gasteiger partial charge in [0.15, 0.2) is 0 Å². The molecule has 0 radical (unpaired) electrons. The number of carbonyl (C=O) groups excluding carboxylic acids is 2. The SMILES string of the molecule is CC(=O)N(CC1CCC2CC1C2(C)C)C1CC(C(=O)NCCO)=CC(Oc2ccccc2I)C1O. The maximum atomic E-state index is 12.9. The van der Waals surface area contributed by atoms with Crippen molar-refractivity contribution in [3.8, 4) is 5.75 Å². The Morgan fingerprint density at radius 2 is 2.00 bits per heavy atom. The van der Waals surface area contributed by atoms with E-state index in [0.717, 1.165) is 15.9 Å². The Morgan fingerprint density at radius 3 is 2.63 bits per heavy atom. The van der Waals surface area contributed by atoms with Crippen molar-refractivity contribution in [2.75, 3.05) is 19.7 Å². The summed E-state index contributed by atoms with van der Waals surface area (Å²) in [5.41, 5.74) is 0.755. The number of halogens is 1. The topological polar surface area (TPSA) is 99.1 Å². The van der Waals surface area contributed by atoms with Gasteiger partial charge in [-0.3, -0.25) is 9.59 Å². The molecule has 0 spiro atoms. The van der Waals surface area contributed by atoms with Crippen molar-refractivity contribution in [1.82, 2.24) is 10.2 Å². The molecule has 3 N–H and O–H groups in total. The second kappa shape index (κ2) is 10.8. The zero-order valence-electron chi connectivity index (χ0n) is 20.7. The summed E-state index contributed by atoms with van der Waals surface area (Å²) in [6, 6.07) is 6.95. The molecule has 0 aromatic heterocycles. The molecule has 4 aliphatic rings. The molecule has 0 aliphatic heterocycles. The molecule has 6 unspecified atom stereocenters. The lowest BCUT2D eigenvalue weighted by Gasteiger charge is -2.61. The van der Waals surface area contributed by atoms with Crippen molar-refractivity contribution in [2.45, 2.75) is 64.7 Å². The van der Waals surface area contributed by atoms with Gasteiger partial charge in [-0.05, 0) is 83.2 Å². The number of fused-ring (bicyclic) bond motifs is 2. The van der Waals surface area contributed by atoms with Crippen LogP contribution in [0.1, 0.15) is 46.5 Å². The molecular formula is C27H37IN2O5. The fraction of sp³-hybridized carbons (Fsp3) is 0.630. The zero-order valence-corrected chi connectivity index (χ0v) is 22.9. The Kier molecular flexibility index (Phi) is 8.12. The van der Waals surface area contributed by atoms with Crippen LogP contribution >= 0.6 is 22.6 Å². The molecule has 1 aromatic carbocycles. The van der Waals surface area contributed by atoms with Gasteiger partial charge in [-0.15, -0.1) is 0 Å². The van der Waals surface area contributed by atoms with E-state index in [0.29, 0.717) is 35.1 Å². The van der Waals surface area contributed by atoms with Gasteiger partial charge in [0.1, 0.15) is 18.0 Å². The summed E-state index contributed by atoms with van der Waals surface area (Å²) in [6.07, 6.45) is 3.63. The summed E-state index contributed by atoms with van der Waals surface area (Å²) in [5.74, 6) is 1.94. The molecule has 35 heavy (non-hydrogen) atoms. The Balaban J connectivity index is 1.59. The molecule has 4 aliphatic carbocycles. The normalized spacial score (nSPS) is 31.1. The lowest BCUT2D eigenvalue weighted by atomic mass is 9.45. The average Bonchev–Trinajstić information content (AvgIpc) is 2.83. The Labute approximate surface area is 221 Å². The van der Waals surface area contributed by atoms with E-state index in [4.69, 9.17) is 9.84 Å². The van der Waals surface area contributed by atoms with Crippen molar-refractivity contribution in [2.24, 2.45) is 23.2 Å². The minimum absolute atomic E-state index is 0.0987. The van der Waals surface area contributed by atoms with E-state index in [1.54, 1.807) is 17.9 Å². The van der Waals surface area contributed by atoms with Crippen LogP contribution < -0.4 is 10.1 Å². The van der Waals surface area contributed by atoms with Gasteiger partial charge in [0.25, 0.3) is 0 Å². The summed E-state index contributed by atoms with van der Waals surface area (Å²) in [6.45, 7) is 6.78. The number of amides is 2. The van der Waals surface area contributed by atoms with E-state index in [1.165, 1.54) is 12.8 Å².